The van der Waals surface area contributed by atoms with E-state index in [4.69, 9.17) is 0 Å². The summed E-state index contributed by atoms with van der Waals surface area (Å²) in [7, 11) is 0. The summed E-state index contributed by atoms with van der Waals surface area (Å²) >= 11 is 0. The first-order chi connectivity index (χ1) is 27.7. The van der Waals surface area contributed by atoms with Crippen molar-refractivity contribution in [1.82, 2.24) is 4.40 Å². The van der Waals surface area contributed by atoms with Crippen LogP contribution in [0, 0.1) is 0 Å². The predicted molar refractivity (Wildman–Crippen MR) is 242 cm³/mol. The SMILES string of the molecule is CC1(C)c2ccccc2-c2ccc(-c3ccc4cc5c6cccc7c8cc9ccc(-c%10ccc%11c(c%10)C(C)(C)c%10ccccc%10-%11)cc9cc8n(c5cc4c3)c67)cc21. The topological polar surface area (TPSA) is 4.41 Å². The van der Waals surface area contributed by atoms with Gasteiger partial charge in [0.25, 0.3) is 0 Å². The summed E-state index contributed by atoms with van der Waals surface area (Å²) in [6.07, 6.45) is 0. The Bertz CT molecular complexity index is 3340. The summed E-state index contributed by atoms with van der Waals surface area (Å²) < 4.78 is 2.54. The van der Waals surface area contributed by atoms with Crippen molar-refractivity contribution in [3.8, 4) is 44.5 Å². The van der Waals surface area contributed by atoms with Gasteiger partial charge in [-0.3, -0.25) is 0 Å². The van der Waals surface area contributed by atoms with Crippen molar-refractivity contribution in [3.63, 3.8) is 0 Å². The summed E-state index contributed by atoms with van der Waals surface area (Å²) in [5.74, 6) is 0. The highest BCUT2D eigenvalue weighted by Crippen LogP contribution is 2.51. The standard InChI is InChI=1S/C56H39N/c1-55(2)48-14-7-5-10-40(48)42-22-20-36(28-50(42)55)32-16-18-34-26-46-44-12-9-13-45-47-27-35-19-17-33(25-39(35)31-53(47)57(54(44)45)52(46)30-38(34)24-32)37-21-23-43-41-11-6-8-15-49(41)56(3,4)51(43)29-37/h5-31H,1-4H3. The Morgan fingerprint density at radius 1 is 0.316 bits per heavy atom. The molecule has 0 radical (unpaired) electrons. The molecule has 9 aromatic carbocycles. The Balaban J connectivity index is 0.971. The van der Waals surface area contributed by atoms with Gasteiger partial charge in [-0.05, 0) is 137 Å². The van der Waals surface area contributed by atoms with Crippen LogP contribution in [0.25, 0.3) is 104 Å². The Morgan fingerprint density at radius 3 is 1.23 bits per heavy atom. The van der Waals surface area contributed by atoms with E-state index in [1.54, 1.807) is 0 Å². The second-order valence-corrected chi connectivity index (χ2v) is 17.8. The van der Waals surface area contributed by atoms with Gasteiger partial charge in [0.1, 0.15) is 0 Å². The second kappa shape index (κ2) is 10.6. The molecular weight excluding hydrogens is 687 g/mol. The fourth-order valence-electron chi connectivity index (χ4n) is 11.1. The average Bonchev–Trinajstić information content (AvgIpc) is 3.89. The molecule has 0 amide bonds. The van der Waals surface area contributed by atoms with Crippen molar-refractivity contribution >= 4 is 59.6 Å². The van der Waals surface area contributed by atoms with Crippen LogP contribution < -0.4 is 0 Å². The fraction of sp³-hybridized carbons (Fsp3) is 0.107. The van der Waals surface area contributed by atoms with Gasteiger partial charge < -0.3 is 4.40 Å². The first kappa shape index (κ1) is 31.5. The molecule has 13 rings (SSSR count). The lowest BCUT2D eigenvalue weighted by Gasteiger charge is -2.22. The monoisotopic (exact) mass is 725 g/mol. The average molecular weight is 726 g/mol. The Hall–Kier alpha value is -6.70. The maximum Gasteiger partial charge on any atom is 0.0620 e. The first-order valence-electron chi connectivity index (χ1n) is 20.3. The van der Waals surface area contributed by atoms with Gasteiger partial charge in [0.2, 0.25) is 0 Å². The molecule has 0 fully saturated rings. The van der Waals surface area contributed by atoms with E-state index in [-0.39, 0.29) is 10.8 Å². The molecule has 0 saturated carbocycles. The van der Waals surface area contributed by atoms with Crippen LogP contribution in [-0.2, 0) is 10.8 Å². The van der Waals surface area contributed by atoms with E-state index in [0.29, 0.717) is 0 Å². The minimum absolute atomic E-state index is 0.0260. The molecule has 0 aliphatic heterocycles. The molecule has 0 N–H and O–H groups in total. The lowest BCUT2D eigenvalue weighted by Crippen LogP contribution is -2.14. The maximum atomic E-state index is 2.54. The first-order valence-corrected chi connectivity index (χ1v) is 20.3. The van der Waals surface area contributed by atoms with E-state index in [1.807, 2.05) is 0 Å². The molecule has 2 aromatic heterocycles. The molecule has 0 saturated heterocycles. The minimum Gasteiger partial charge on any atom is -0.308 e. The van der Waals surface area contributed by atoms with Gasteiger partial charge in [-0.15, -0.1) is 0 Å². The zero-order valence-electron chi connectivity index (χ0n) is 32.5. The van der Waals surface area contributed by atoms with Crippen molar-refractivity contribution in [2.75, 3.05) is 0 Å². The summed E-state index contributed by atoms with van der Waals surface area (Å²) in [6, 6.07) is 62.6. The van der Waals surface area contributed by atoms with Crippen LogP contribution in [0.1, 0.15) is 49.9 Å². The van der Waals surface area contributed by atoms with E-state index in [2.05, 4.69) is 196 Å². The molecule has 2 heterocycles. The largest absolute Gasteiger partial charge is 0.308 e. The number of aromatic nitrogens is 1. The Kier molecular flexibility index (Phi) is 5.84. The molecule has 0 bridgehead atoms. The highest BCUT2D eigenvalue weighted by molar-refractivity contribution is 6.26. The number of nitrogens with zero attached hydrogens (tertiary/aromatic N) is 1. The van der Waals surface area contributed by atoms with Gasteiger partial charge in [-0.1, -0.05) is 143 Å². The Morgan fingerprint density at radius 2 is 0.737 bits per heavy atom. The van der Waals surface area contributed by atoms with Crippen molar-refractivity contribution in [1.29, 1.82) is 0 Å². The van der Waals surface area contributed by atoms with Gasteiger partial charge in [0.15, 0.2) is 0 Å². The normalized spacial score (nSPS) is 14.9. The van der Waals surface area contributed by atoms with Crippen molar-refractivity contribution in [2.45, 2.75) is 38.5 Å². The van der Waals surface area contributed by atoms with E-state index in [9.17, 15) is 0 Å². The molecule has 57 heavy (non-hydrogen) atoms. The van der Waals surface area contributed by atoms with E-state index in [0.717, 1.165) is 0 Å². The third kappa shape index (κ3) is 4.04. The molecular formula is C56H39N. The van der Waals surface area contributed by atoms with Crippen molar-refractivity contribution in [3.05, 3.63) is 186 Å². The second-order valence-electron chi connectivity index (χ2n) is 17.8. The third-order valence-corrected chi connectivity index (χ3v) is 14.1. The smallest absolute Gasteiger partial charge is 0.0620 e. The zero-order valence-corrected chi connectivity index (χ0v) is 32.5. The molecule has 0 spiro atoms. The van der Waals surface area contributed by atoms with Gasteiger partial charge >= 0.3 is 0 Å². The van der Waals surface area contributed by atoms with Crippen LogP contribution in [0.5, 0.6) is 0 Å². The minimum atomic E-state index is -0.0260. The van der Waals surface area contributed by atoms with E-state index in [1.165, 1.54) is 126 Å². The molecule has 268 valence electrons. The number of rotatable bonds is 2. The van der Waals surface area contributed by atoms with Crippen LogP contribution >= 0.6 is 0 Å². The van der Waals surface area contributed by atoms with Crippen molar-refractivity contribution in [2.24, 2.45) is 0 Å². The molecule has 2 aliphatic carbocycles. The van der Waals surface area contributed by atoms with Gasteiger partial charge in [0.05, 0.1) is 16.6 Å². The molecule has 1 nitrogen and oxygen atoms in total. The van der Waals surface area contributed by atoms with Crippen LogP contribution in [0.4, 0.5) is 0 Å². The molecule has 0 atom stereocenters. The van der Waals surface area contributed by atoms with E-state index >= 15 is 0 Å². The van der Waals surface area contributed by atoms with Crippen LogP contribution in [0.3, 0.4) is 0 Å². The number of benzene rings is 9. The number of hydrogen-bond acceptors (Lipinski definition) is 0. The summed E-state index contributed by atoms with van der Waals surface area (Å²) in [5, 5.41) is 10.3. The molecule has 1 heteroatoms. The predicted octanol–water partition coefficient (Wildman–Crippen LogP) is 15.1. The number of hydrogen-bond donors (Lipinski definition) is 0. The molecule has 11 aromatic rings. The van der Waals surface area contributed by atoms with Gasteiger partial charge in [0, 0.05) is 32.4 Å². The number of para-hydroxylation sites is 1. The summed E-state index contributed by atoms with van der Waals surface area (Å²) in [5.41, 5.74) is 20.0. The van der Waals surface area contributed by atoms with Gasteiger partial charge in [-0.2, -0.15) is 0 Å². The van der Waals surface area contributed by atoms with Crippen LogP contribution in [-0.4, -0.2) is 4.40 Å². The van der Waals surface area contributed by atoms with Crippen LogP contribution in [0.15, 0.2) is 164 Å². The number of fused-ring (bicyclic) bond motifs is 14. The fourth-order valence-corrected chi connectivity index (χ4v) is 11.1. The zero-order chi connectivity index (χ0) is 37.9. The summed E-state index contributed by atoms with van der Waals surface area (Å²) in [4.78, 5) is 0. The van der Waals surface area contributed by atoms with Crippen LogP contribution in [0.2, 0.25) is 0 Å². The van der Waals surface area contributed by atoms with E-state index < -0.39 is 0 Å². The maximum absolute atomic E-state index is 2.54. The molecule has 2 aliphatic rings. The molecule has 0 unspecified atom stereocenters. The highest BCUT2D eigenvalue weighted by atomic mass is 14.9. The van der Waals surface area contributed by atoms with Crippen molar-refractivity contribution < 1.29 is 0 Å². The van der Waals surface area contributed by atoms with Gasteiger partial charge in [-0.25, -0.2) is 0 Å². The highest BCUT2D eigenvalue weighted by Gasteiger charge is 2.36. The Labute approximate surface area is 331 Å². The lowest BCUT2D eigenvalue weighted by molar-refractivity contribution is 0.660. The third-order valence-electron chi connectivity index (χ3n) is 14.1. The quantitative estimate of drug-likeness (QED) is 0.167. The lowest BCUT2D eigenvalue weighted by atomic mass is 9.81. The summed E-state index contributed by atoms with van der Waals surface area (Å²) in [6.45, 7) is 9.45.